The van der Waals surface area contributed by atoms with Gasteiger partial charge in [-0.15, -0.1) is 0 Å². The van der Waals surface area contributed by atoms with Crippen LogP contribution in [0.4, 0.5) is 4.39 Å². The van der Waals surface area contributed by atoms with Crippen LogP contribution in [0, 0.1) is 0 Å². The largest absolute Gasteiger partial charge is 0.364 e. The molecule has 0 bridgehead atoms. The van der Waals surface area contributed by atoms with E-state index in [1.165, 1.54) is 10.6 Å². The van der Waals surface area contributed by atoms with E-state index in [0.717, 1.165) is 0 Å². The summed E-state index contributed by atoms with van der Waals surface area (Å²) in [6.45, 7) is 1.96. The van der Waals surface area contributed by atoms with Gasteiger partial charge in [0.05, 0.1) is 12.4 Å². The number of halogens is 1. The molecule has 0 radical (unpaired) electrons. The summed E-state index contributed by atoms with van der Waals surface area (Å²) in [4.78, 5) is 6.12. The fraction of sp³-hybridized carbons (Fsp3) is 0.692. The first kappa shape index (κ1) is 17.7. The van der Waals surface area contributed by atoms with Gasteiger partial charge in [0.1, 0.15) is 12.0 Å². The molecule has 0 spiro atoms. The number of nitrogens with one attached hydrogen (secondary N) is 1. The standard InChI is InChI=1S/C13H22FN5O3S/c1-15-13(16-5-2-4-14)18-6-8-19(9-7-18)23(20,21)11-12-3-10-22-17-12/h3,10H,2,4-9,11H2,1H3,(H,15,16). The zero-order valence-electron chi connectivity index (χ0n) is 13.1. The molecule has 23 heavy (non-hydrogen) atoms. The van der Waals surface area contributed by atoms with Crippen molar-refractivity contribution in [2.45, 2.75) is 12.2 Å². The van der Waals surface area contributed by atoms with Crippen molar-refractivity contribution in [3.63, 3.8) is 0 Å². The molecule has 8 nitrogen and oxygen atoms in total. The number of sulfonamides is 1. The molecule has 10 heteroatoms. The van der Waals surface area contributed by atoms with Crippen LogP contribution in [0.25, 0.3) is 0 Å². The summed E-state index contributed by atoms with van der Waals surface area (Å²) in [7, 11) is -1.75. The minimum atomic E-state index is -3.41. The minimum Gasteiger partial charge on any atom is -0.364 e. The fourth-order valence-corrected chi connectivity index (χ4v) is 3.79. The monoisotopic (exact) mass is 347 g/mol. The van der Waals surface area contributed by atoms with Crippen molar-refractivity contribution in [1.29, 1.82) is 0 Å². The van der Waals surface area contributed by atoms with Gasteiger partial charge in [-0.05, 0) is 6.42 Å². The van der Waals surface area contributed by atoms with Gasteiger partial charge in [0.2, 0.25) is 10.0 Å². The van der Waals surface area contributed by atoms with Crippen molar-refractivity contribution in [3.8, 4) is 0 Å². The molecule has 2 rings (SSSR count). The van der Waals surface area contributed by atoms with Gasteiger partial charge in [-0.3, -0.25) is 9.38 Å². The third-order valence-electron chi connectivity index (χ3n) is 3.56. The van der Waals surface area contributed by atoms with Gasteiger partial charge in [0, 0.05) is 45.8 Å². The molecule has 0 aliphatic carbocycles. The third-order valence-corrected chi connectivity index (χ3v) is 5.37. The van der Waals surface area contributed by atoms with Gasteiger partial charge < -0.3 is 14.7 Å². The van der Waals surface area contributed by atoms with Crippen LogP contribution < -0.4 is 5.32 Å². The lowest BCUT2D eigenvalue weighted by Gasteiger charge is -2.35. The van der Waals surface area contributed by atoms with Crippen molar-refractivity contribution in [2.75, 3.05) is 46.4 Å². The Morgan fingerprint density at radius 3 is 2.74 bits per heavy atom. The maximum atomic E-state index is 12.3. The summed E-state index contributed by atoms with van der Waals surface area (Å²) in [6.07, 6.45) is 1.78. The average molecular weight is 347 g/mol. The van der Waals surface area contributed by atoms with Crippen LogP contribution in [0.2, 0.25) is 0 Å². The Balaban J connectivity index is 1.87. The number of aliphatic imine (C=N–C) groups is 1. The van der Waals surface area contributed by atoms with Crippen LogP contribution in [-0.2, 0) is 15.8 Å². The number of aromatic nitrogens is 1. The highest BCUT2D eigenvalue weighted by Crippen LogP contribution is 2.12. The first-order valence-corrected chi connectivity index (χ1v) is 9.06. The predicted octanol–water partition coefficient (Wildman–Crippen LogP) is 0.0570. The first-order chi connectivity index (χ1) is 11.1. The molecule has 0 amide bonds. The highest BCUT2D eigenvalue weighted by molar-refractivity contribution is 7.88. The highest BCUT2D eigenvalue weighted by Gasteiger charge is 2.28. The van der Waals surface area contributed by atoms with Crippen LogP contribution in [0.5, 0.6) is 0 Å². The summed E-state index contributed by atoms with van der Waals surface area (Å²) in [5.74, 6) is 0.513. The highest BCUT2D eigenvalue weighted by atomic mass is 32.2. The molecule has 1 fully saturated rings. The molecule has 1 N–H and O–H groups in total. The number of hydrogen-bond donors (Lipinski definition) is 1. The second-order valence-corrected chi connectivity index (χ2v) is 7.12. The molecular formula is C13H22FN5O3S. The number of nitrogens with zero attached hydrogens (tertiary/aromatic N) is 4. The molecule has 1 aromatic heterocycles. The summed E-state index contributed by atoms with van der Waals surface area (Å²) in [6, 6.07) is 1.55. The smallest absolute Gasteiger partial charge is 0.220 e. The summed E-state index contributed by atoms with van der Waals surface area (Å²) in [5, 5.41) is 6.72. The van der Waals surface area contributed by atoms with Gasteiger partial charge in [0.15, 0.2) is 5.96 Å². The molecular weight excluding hydrogens is 325 g/mol. The van der Waals surface area contributed by atoms with Crippen molar-refractivity contribution in [1.82, 2.24) is 19.7 Å². The molecule has 2 heterocycles. The molecule has 130 valence electrons. The lowest BCUT2D eigenvalue weighted by atomic mass is 10.4. The van der Waals surface area contributed by atoms with E-state index in [0.29, 0.717) is 50.8 Å². The van der Waals surface area contributed by atoms with E-state index in [-0.39, 0.29) is 12.4 Å². The molecule has 1 aliphatic rings. The zero-order chi connectivity index (χ0) is 16.7. The zero-order valence-corrected chi connectivity index (χ0v) is 13.9. The van der Waals surface area contributed by atoms with Gasteiger partial charge >= 0.3 is 0 Å². The van der Waals surface area contributed by atoms with E-state index in [9.17, 15) is 12.8 Å². The Kier molecular flexibility index (Phi) is 6.34. The van der Waals surface area contributed by atoms with Gasteiger partial charge in [0.25, 0.3) is 0 Å². The van der Waals surface area contributed by atoms with Crippen LogP contribution in [0.3, 0.4) is 0 Å². The number of piperazine rings is 1. The maximum Gasteiger partial charge on any atom is 0.220 e. The lowest BCUT2D eigenvalue weighted by molar-refractivity contribution is 0.259. The summed E-state index contributed by atoms with van der Waals surface area (Å²) < 4.78 is 43.0. The van der Waals surface area contributed by atoms with Crippen LogP contribution >= 0.6 is 0 Å². The third kappa shape index (κ3) is 4.90. The molecule has 0 atom stereocenters. The Labute approximate surface area is 135 Å². The van der Waals surface area contributed by atoms with Crippen molar-refractivity contribution >= 4 is 16.0 Å². The average Bonchev–Trinajstić information content (AvgIpc) is 3.04. The Hall–Kier alpha value is -1.68. The molecule has 1 saturated heterocycles. The molecule has 0 unspecified atom stereocenters. The molecule has 0 aromatic carbocycles. The van der Waals surface area contributed by atoms with Gasteiger partial charge in [-0.1, -0.05) is 5.16 Å². The van der Waals surface area contributed by atoms with Crippen molar-refractivity contribution < 1.29 is 17.3 Å². The number of hydrogen-bond acceptors (Lipinski definition) is 5. The molecule has 1 aromatic rings. The number of alkyl halides is 1. The normalized spacial score (nSPS) is 17.5. The molecule has 1 aliphatic heterocycles. The van der Waals surface area contributed by atoms with Gasteiger partial charge in [-0.2, -0.15) is 4.31 Å². The SMILES string of the molecule is CN=C(NCCCF)N1CCN(S(=O)(=O)Cc2ccon2)CC1. The Morgan fingerprint density at radius 2 is 2.17 bits per heavy atom. The minimum absolute atomic E-state index is 0.160. The van der Waals surface area contributed by atoms with E-state index < -0.39 is 10.0 Å². The predicted molar refractivity (Wildman–Crippen MR) is 84.2 cm³/mol. The quantitative estimate of drug-likeness (QED) is 0.444. The number of guanidine groups is 1. The maximum absolute atomic E-state index is 12.3. The van der Waals surface area contributed by atoms with E-state index in [2.05, 4.69) is 20.0 Å². The van der Waals surface area contributed by atoms with Crippen LogP contribution in [-0.4, -0.2) is 75.2 Å². The lowest BCUT2D eigenvalue weighted by Crippen LogP contribution is -2.54. The van der Waals surface area contributed by atoms with Gasteiger partial charge in [-0.25, -0.2) is 8.42 Å². The molecule has 0 saturated carbocycles. The second kappa shape index (κ2) is 8.25. The Morgan fingerprint density at radius 1 is 1.43 bits per heavy atom. The van der Waals surface area contributed by atoms with Crippen molar-refractivity contribution in [2.24, 2.45) is 4.99 Å². The fourth-order valence-electron chi connectivity index (χ4n) is 2.37. The van der Waals surface area contributed by atoms with Crippen LogP contribution in [0.15, 0.2) is 21.8 Å². The topological polar surface area (TPSA) is 91.0 Å². The Bertz CT molecular complexity index is 597. The van der Waals surface area contributed by atoms with E-state index in [1.807, 2.05) is 4.90 Å². The van der Waals surface area contributed by atoms with E-state index in [4.69, 9.17) is 0 Å². The van der Waals surface area contributed by atoms with E-state index >= 15 is 0 Å². The number of rotatable bonds is 6. The summed E-state index contributed by atoms with van der Waals surface area (Å²) in [5.41, 5.74) is 0.399. The van der Waals surface area contributed by atoms with Crippen LogP contribution in [0.1, 0.15) is 12.1 Å². The van der Waals surface area contributed by atoms with E-state index in [1.54, 1.807) is 13.1 Å². The summed E-state index contributed by atoms with van der Waals surface area (Å²) >= 11 is 0. The van der Waals surface area contributed by atoms with Crippen molar-refractivity contribution in [3.05, 3.63) is 18.0 Å². The first-order valence-electron chi connectivity index (χ1n) is 7.45. The second-order valence-electron chi connectivity index (χ2n) is 5.15.